The highest BCUT2D eigenvalue weighted by Gasteiger charge is 2.14. The standard InChI is InChI=1S/C21H17F2N5O2/c1-30-21(29)26-17-10-13(6-7-25-17)14-8-15(18-16(9-14)20(24)28-27-18)11-2-4-12(5-3-11)19(22)23/h2-10,19H,1H3,(H3,24,27,28)(H,25,26,29). The highest BCUT2D eigenvalue weighted by molar-refractivity contribution is 6.02. The van der Waals surface area contributed by atoms with Gasteiger partial charge in [0.2, 0.25) is 0 Å². The first-order valence-corrected chi connectivity index (χ1v) is 8.93. The number of nitrogens with zero attached hydrogens (tertiary/aromatic N) is 2. The van der Waals surface area contributed by atoms with Crippen molar-refractivity contribution in [1.29, 1.82) is 0 Å². The smallest absolute Gasteiger partial charge is 0.412 e. The van der Waals surface area contributed by atoms with E-state index in [0.29, 0.717) is 22.5 Å². The molecule has 0 fully saturated rings. The molecule has 4 N–H and O–H groups in total. The Bertz CT molecular complexity index is 1220. The Kier molecular flexibility index (Phi) is 5.01. The van der Waals surface area contributed by atoms with Gasteiger partial charge in [-0.15, -0.1) is 0 Å². The summed E-state index contributed by atoms with van der Waals surface area (Å²) in [5.41, 5.74) is 9.71. The van der Waals surface area contributed by atoms with Crippen molar-refractivity contribution < 1.29 is 18.3 Å². The average molecular weight is 409 g/mol. The van der Waals surface area contributed by atoms with Gasteiger partial charge in [-0.2, -0.15) is 5.10 Å². The number of nitrogens with one attached hydrogen (secondary N) is 2. The number of methoxy groups -OCH3 is 1. The number of nitrogen functional groups attached to an aromatic ring is 1. The number of H-pyrrole nitrogens is 1. The van der Waals surface area contributed by atoms with Gasteiger partial charge < -0.3 is 10.5 Å². The molecule has 0 atom stereocenters. The largest absolute Gasteiger partial charge is 0.453 e. The van der Waals surface area contributed by atoms with Gasteiger partial charge >= 0.3 is 6.09 Å². The molecule has 2 heterocycles. The molecule has 30 heavy (non-hydrogen) atoms. The molecule has 0 saturated heterocycles. The fourth-order valence-electron chi connectivity index (χ4n) is 3.18. The molecule has 2 aromatic heterocycles. The quantitative estimate of drug-likeness (QED) is 0.440. The predicted molar refractivity (Wildman–Crippen MR) is 110 cm³/mol. The predicted octanol–water partition coefficient (Wildman–Crippen LogP) is 4.99. The van der Waals surface area contributed by atoms with Crippen LogP contribution in [0.3, 0.4) is 0 Å². The maximum Gasteiger partial charge on any atom is 0.412 e. The van der Waals surface area contributed by atoms with E-state index in [1.807, 2.05) is 12.1 Å². The van der Waals surface area contributed by atoms with E-state index in [4.69, 9.17) is 5.73 Å². The Morgan fingerprint density at radius 1 is 1.10 bits per heavy atom. The zero-order chi connectivity index (χ0) is 21.3. The minimum absolute atomic E-state index is 0.0528. The lowest BCUT2D eigenvalue weighted by molar-refractivity contribution is 0.151. The third kappa shape index (κ3) is 3.64. The van der Waals surface area contributed by atoms with Crippen LogP contribution in [0.5, 0.6) is 0 Å². The van der Waals surface area contributed by atoms with Crippen LogP contribution in [-0.2, 0) is 4.74 Å². The number of rotatable bonds is 4. The van der Waals surface area contributed by atoms with Crippen LogP contribution < -0.4 is 11.1 Å². The van der Waals surface area contributed by atoms with Gasteiger partial charge in [-0.1, -0.05) is 24.3 Å². The molecule has 0 aliphatic carbocycles. The van der Waals surface area contributed by atoms with Gasteiger partial charge in [-0.3, -0.25) is 10.4 Å². The number of hydrogen-bond donors (Lipinski definition) is 3. The number of carbonyl (C=O) groups excluding carboxylic acids is 1. The summed E-state index contributed by atoms with van der Waals surface area (Å²) in [6, 6.07) is 13.3. The average Bonchev–Trinajstić information content (AvgIpc) is 3.14. The first kappa shape index (κ1) is 19.3. The molecule has 2 aromatic carbocycles. The van der Waals surface area contributed by atoms with Gasteiger partial charge in [0.05, 0.1) is 12.6 Å². The maximum atomic E-state index is 12.9. The lowest BCUT2D eigenvalue weighted by Gasteiger charge is -2.10. The van der Waals surface area contributed by atoms with E-state index in [1.165, 1.54) is 19.2 Å². The lowest BCUT2D eigenvalue weighted by Crippen LogP contribution is -2.11. The molecule has 1 amide bonds. The summed E-state index contributed by atoms with van der Waals surface area (Å²) in [7, 11) is 1.26. The second kappa shape index (κ2) is 7.78. The molecular weight excluding hydrogens is 392 g/mol. The number of nitrogens with two attached hydrogens (primary N) is 1. The van der Waals surface area contributed by atoms with Crippen molar-refractivity contribution in [2.45, 2.75) is 6.43 Å². The molecule has 152 valence electrons. The highest BCUT2D eigenvalue weighted by Crippen LogP contribution is 2.36. The third-order valence-electron chi connectivity index (χ3n) is 4.68. The van der Waals surface area contributed by atoms with Gasteiger partial charge in [0.15, 0.2) is 5.82 Å². The van der Waals surface area contributed by atoms with E-state index in [-0.39, 0.29) is 5.56 Å². The van der Waals surface area contributed by atoms with Gasteiger partial charge in [-0.05, 0) is 41.0 Å². The Balaban J connectivity index is 1.83. The number of alkyl halides is 2. The molecular formula is C21H17F2N5O2. The van der Waals surface area contributed by atoms with E-state index in [9.17, 15) is 13.6 Å². The summed E-state index contributed by atoms with van der Waals surface area (Å²) in [5.74, 6) is 0.640. The van der Waals surface area contributed by atoms with Crippen molar-refractivity contribution in [3.05, 3.63) is 60.3 Å². The summed E-state index contributed by atoms with van der Waals surface area (Å²) >= 11 is 0. The van der Waals surface area contributed by atoms with Crippen LogP contribution in [0.4, 0.5) is 25.2 Å². The number of hydrogen-bond acceptors (Lipinski definition) is 5. The first-order chi connectivity index (χ1) is 14.5. The number of halogens is 2. The molecule has 0 saturated carbocycles. The van der Waals surface area contributed by atoms with Crippen LogP contribution >= 0.6 is 0 Å². The zero-order valence-corrected chi connectivity index (χ0v) is 15.8. The van der Waals surface area contributed by atoms with Crippen LogP contribution in [-0.4, -0.2) is 28.4 Å². The Labute approximate surface area is 169 Å². The van der Waals surface area contributed by atoms with Crippen molar-refractivity contribution in [3.8, 4) is 22.3 Å². The molecule has 0 bridgehead atoms. The van der Waals surface area contributed by atoms with Crippen LogP contribution in [0.2, 0.25) is 0 Å². The minimum atomic E-state index is -2.54. The highest BCUT2D eigenvalue weighted by atomic mass is 19.3. The minimum Gasteiger partial charge on any atom is -0.453 e. The fourth-order valence-corrected chi connectivity index (χ4v) is 3.18. The number of fused-ring (bicyclic) bond motifs is 1. The molecule has 9 heteroatoms. The van der Waals surface area contributed by atoms with Crippen molar-refractivity contribution in [3.63, 3.8) is 0 Å². The third-order valence-corrected chi connectivity index (χ3v) is 4.68. The Hall–Kier alpha value is -4.01. The van der Waals surface area contributed by atoms with Crippen molar-refractivity contribution in [2.75, 3.05) is 18.2 Å². The van der Waals surface area contributed by atoms with Gasteiger partial charge in [0, 0.05) is 22.7 Å². The summed E-state index contributed by atoms with van der Waals surface area (Å²) in [4.78, 5) is 15.6. The topological polar surface area (TPSA) is 106 Å². The number of ether oxygens (including phenoxy) is 1. The van der Waals surface area contributed by atoms with Gasteiger partial charge in [0.25, 0.3) is 6.43 Å². The molecule has 4 aromatic rings. The summed E-state index contributed by atoms with van der Waals surface area (Å²) in [5, 5.41) is 10.2. The molecule has 0 aliphatic rings. The summed E-state index contributed by atoms with van der Waals surface area (Å²) in [6.45, 7) is 0. The van der Waals surface area contributed by atoms with Crippen molar-refractivity contribution >= 4 is 28.6 Å². The van der Waals surface area contributed by atoms with Crippen molar-refractivity contribution in [1.82, 2.24) is 15.2 Å². The van der Waals surface area contributed by atoms with Gasteiger partial charge in [-0.25, -0.2) is 18.6 Å². The van der Waals surface area contributed by atoms with Gasteiger partial charge in [0.1, 0.15) is 5.82 Å². The second-order valence-corrected chi connectivity index (χ2v) is 6.52. The van der Waals surface area contributed by atoms with Crippen LogP contribution in [0, 0.1) is 0 Å². The number of aromatic amines is 1. The number of benzene rings is 2. The SMILES string of the molecule is COC(=O)Nc1cc(-c2cc(-c3ccc(C(F)F)cc3)c3[nH]nc(N)c3c2)ccn1. The summed E-state index contributed by atoms with van der Waals surface area (Å²) < 4.78 is 30.4. The van der Waals surface area contributed by atoms with E-state index < -0.39 is 12.5 Å². The number of amides is 1. The second-order valence-electron chi connectivity index (χ2n) is 6.52. The Morgan fingerprint density at radius 2 is 1.87 bits per heavy atom. The maximum absolute atomic E-state index is 12.9. The molecule has 0 spiro atoms. The summed E-state index contributed by atoms with van der Waals surface area (Å²) in [6.07, 6.45) is -1.61. The first-order valence-electron chi connectivity index (χ1n) is 8.93. The number of anilines is 2. The molecule has 0 aliphatic heterocycles. The lowest BCUT2D eigenvalue weighted by atomic mass is 9.96. The molecule has 0 unspecified atom stereocenters. The zero-order valence-electron chi connectivity index (χ0n) is 15.8. The Morgan fingerprint density at radius 3 is 2.57 bits per heavy atom. The van der Waals surface area contributed by atoms with Crippen molar-refractivity contribution in [2.24, 2.45) is 0 Å². The molecule has 4 rings (SSSR count). The van der Waals surface area contributed by atoms with E-state index >= 15 is 0 Å². The van der Waals surface area contributed by atoms with E-state index in [2.05, 4.69) is 25.2 Å². The number of carbonyl (C=O) groups is 1. The molecule has 0 radical (unpaired) electrons. The normalized spacial score (nSPS) is 11.1. The van der Waals surface area contributed by atoms with E-state index in [0.717, 1.165) is 22.3 Å². The number of pyridine rings is 1. The van der Waals surface area contributed by atoms with E-state index in [1.54, 1.807) is 30.5 Å². The van der Waals surface area contributed by atoms with Crippen LogP contribution in [0.15, 0.2) is 54.7 Å². The molecule has 7 nitrogen and oxygen atoms in total. The van der Waals surface area contributed by atoms with Crippen LogP contribution in [0.25, 0.3) is 33.2 Å². The van der Waals surface area contributed by atoms with Crippen LogP contribution in [0.1, 0.15) is 12.0 Å². The fraction of sp³-hybridized carbons (Fsp3) is 0.0952. The number of aromatic nitrogens is 3. The monoisotopic (exact) mass is 409 g/mol.